The van der Waals surface area contributed by atoms with Crippen molar-refractivity contribution in [3.8, 4) is 0 Å². The molecule has 1 heterocycles. The van der Waals surface area contributed by atoms with Gasteiger partial charge in [-0.25, -0.2) is 0 Å². The Kier molecular flexibility index (Phi) is 3.71. The van der Waals surface area contributed by atoms with E-state index in [4.69, 9.17) is 5.73 Å². The van der Waals surface area contributed by atoms with Crippen LogP contribution in [0.3, 0.4) is 0 Å². The topological polar surface area (TPSA) is 81.1 Å². The van der Waals surface area contributed by atoms with Crippen LogP contribution >= 0.6 is 0 Å². The SMILES string of the molecule is CCCn1nccc1C(CN)C1(C(=O)O)CCC1. The Morgan fingerprint density at radius 3 is 2.83 bits per heavy atom. The Morgan fingerprint density at radius 2 is 2.39 bits per heavy atom. The second-order valence-electron chi connectivity index (χ2n) is 5.08. The summed E-state index contributed by atoms with van der Waals surface area (Å²) in [7, 11) is 0. The minimum absolute atomic E-state index is 0.127. The number of nitrogens with zero attached hydrogens (tertiary/aromatic N) is 2. The van der Waals surface area contributed by atoms with E-state index in [1.54, 1.807) is 6.20 Å². The summed E-state index contributed by atoms with van der Waals surface area (Å²) in [5.74, 6) is -0.841. The van der Waals surface area contributed by atoms with Gasteiger partial charge in [-0.15, -0.1) is 0 Å². The van der Waals surface area contributed by atoms with Crippen molar-refractivity contribution in [3.63, 3.8) is 0 Å². The number of carboxylic acids is 1. The van der Waals surface area contributed by atoms with E-state index in [-0.39, 0.29) is 5.92 Å². The molecule has 1 fully saturated rings. The average Bonchev–Trinajstić information content (AvgIpc) is 2.71. The molecule has 1 aromatic heterocycles. The molecular weight excluding hydrogens is 230 g/mol. The average molecular weight is 251 g/mol. The molecular formula is C13H21N3O2. The molecule has 100 valence electrons. The molecule has 0 aliphatic heterocycles. The number of carbonyl (C=O) groups is 1. The molecule has 1 aromatic rings. The quantitative estimate of drug-likeness (QED) is 0.804. The molecule has 1 aliphatic carbocycles. The first-order valence-electron chi connectivity index (χ1n) is 6.61. The molecule has 0 saturated heterocycles. The van der Waals surface area contributed by atoms with E-state index in [9.17, 15) is 9.90 Å². The maximum absolute atomic E-state index is 11.6. The summed E-state index contributed by atoms with van der Waals surface area (Å²) in [4.78, 5) is 11.6. The number of hydrogen-bond donors (Lipinski definition) is 2. The molecule has 2 rings (SSSR count). The van der Waals surface area contributed by atoms with E-state index in [0.717, 1.165) is 37.9 Å². The third-order valence-corrected chi connectivity index (χ3v) is 4.12. The number of aliphatic carboxylic acids is 1. The van der Waals surface area contributed by atoms with Gasteiger partial charge >= 0.3 is 5.97 Å². The van der Waals surface area contributed by atoms with E-state index in [1.807, 2.05) is 10.7 Å². The number of aryl methyl sites for hydroxylation is 1. The molecule has 0 aromatic carbocycles. The third-order valence-electron chi connectivity index (χ3n) is 4.12. The highest BCUT2D eigenvalue weighted by Gasteiger charge is 2.51. The summed E-state index contributed by atoms with van der Waals surface area (Å²) in [6, 6.07) is 1.91. The molecule has 1 unspecified atom stereocenters. The lowest BCUT2D eigenvalue weighted by Crippen LogP contribution is -2.46. The van der Waals surface area contributed by atoms with Crippen LogP contribution in [0.15, 0.2) is 12.3 Å². The normalized spacial score (nSPS) is 19.2. The van der Waals surface area contributed by atoms with Gasteiger partial charge in [-0.3, -0.25) is 9.48 Å². The largest absolute Gasteiger partial charge is 0.481 e. The standard InChI is InChI=1S/C13H21N3O2/c1-2-8-16-11(4-7-15-16)10(9-14)13(12(17)18)5-3-6-13/h4,7,10H,2-3,5-6,8-9,14H2,1H3,(H,17,18). The predicted molar refractivity (Wildman–Crippen MR) is 68.2 cm³/mol. The van der Waals surface area contributed by atoms with Crippen molar-refractivity contribution >= 4 is 5.97 Å². The van der Waals surface area contributed by atoms with Crippen LogP contribution in [0.5, 0.6) is 0 Å². The smallest absolute Gasteiger partial charge is 0.310 e. The number of aromatic nitrogens is 2. The van der Waals surface area contributed by atoms with Crippen molar-refractivity contribution in [2.24, 2.45) is 11.1 Å². The van der Waals surface area contributed by atoms with Gasteiger partial charge in [0.2, 0.25) is 0 Å². The van der Waals surface area contributed by atoms with Gasteiger partial charge in [0.05, 0.1) is 5.41 Å². The molecule has 5 heteroatoms. The fourth-order valence-corrected chi connectivity index (χ4v) is 2.94. The first-order valence-corrected chi connectivity index (χ1v) is 6.61. The van der Waals surface area contributed by atoms with Crippen molar-refractivity contribution in [3.05, 3.63) is 18.0 Å². The van der Waals surface area contributed by atoms with Crippen LogP contribution in [0, 0.1) is 5.41 Å². The van der Waals surface area contributed by atoms with Gasteiger partial charge in [-0.2, -0.15) is 5.10 Å². The first kappa shape index (κ1) is 13.1. The molecule has 1 aliphatic rings. The number of rotatable bonds is 6. The van der Waals surface area contributed by atoms with Gasteiger partial charge in [0, 0.05) is 30.9 Å². The van der Waals surface area contributed by atoms with Crippen molar-refractivity contribution in [2.75, 3.05) is 6.54 Å². The lowest BCUT2D eigenvalue weighted by atomic mass is 9.60. The van der Waals surface area contributed by atoms with Crippen LogP contribution in [0.1, 0.15) is 44.2 Å². The van der Waals surface area contributed by atoms with Gasteiger partial charge < -0.3 is 10.8 Å². The van der Waals surface area contributed by atoms with Crippen LogP contribution < -0.4 is 5.73 Å². The van der Waals surface area contributed by atoms with Crippen LogP contribution in [0.2, 0.25) is 0 Å². The molecule has 18 heavy (non-hydrogen) atoms. The summed E-state index contributed by atoms with van der Waals surface area (Å²) in [5, 5.41) is 13.8. The number of hydrogen-bond acceptors (Lipinski definition) is 3. The highest BCUT2D eigenvalue weighted by Crippen LogP contribution is 2.51. The van der Waals surface area contributed by atoms with E-state index < -0.39 is 11.4 Å². The number of nitrogens with two attached hydrogens (primary N) is 1. The second kappa shape index (κ2) is 5.10. The van der Waals surface area contributed by atoms with Crippen molar-refractivity contribution in [2.45, 2.75) is 45.1 Å². The Bertz CT molecular complexity index is 424. The maximum atomic E-state index is 11.6. The number of carboxylic acid groups (broad SMARTS) is 1. The molecule has 0 bridgehead atoms. The fraction of sp³-hybridized carbons (Fsp3) is 0.692. The molecule has 5 nitrogen and oxygen atoms in total. The fourth-order valence-electron chi connectivity index (χ4n) is 2.94. The Hall–Kier alpha value is -1.36. The molecule has 0 spiro atoms. The minimum Gasteiger partial charge on any atom is -0.481 e. The molecule has 1 atom stereocenters. The second-order valence-corrected chi connectivity index (χ2v) is 5.08. The molecule has 1 saturated carbocycles. The summed E-state index contributed by atoms with van der Waals surface area (Å²) < 4.78 is 1.90. The van der Waals surface area contributed by atoms with Crippen LogP contribution in [-0.4, -0.2) is 27.4 Å². The Labute approximate surface area is 107 Å². The summed E-state index contributed by atoms with van der Waals surface area (Å²) >= 11 is 0. The minimum atomic E-state index is -0.714. The maximum Gasteiger partial charge on any atom is 0.310 e. The van der Waals surface area contributed by atoms with Crippen LogP contribution in [0.4, 0.5) is 0 Å². The third kappa shape index (κ3) is 1.92. The lowest BCUT2D eigenvalue weighted by molar-refractivity contribution is -0.156. The summed E-state index contributed by atoms with van der Waals surface area (Å²) in [5.41, 5.74) is 6.17. The Morgan fingerprint density at radius 1 is 1.67 bits per heavy atom. The van der Waals surface area contributed by atoms with E-state index in [2.05, 4.69) is 12.0 Å². The zero-order valence-electron chi connectivity index (χ0n) is 10.8. The first-order chi connectivity index (χ1) is 8.65. The van der Waals surface area contributed by atoms with Crippen molar-refractivity contribution < 1.29 is 9.90 Å². The zero-order chi connectivity index (χ0) is 13.2. The van der Waals surface area contributed by atoms with E-state index in [0.29, 0.717) is 6.54 Å². The zero-order valence-corrected chi connectivity index (χ0v) is 10.8. The van der Waals surface area contributed by atoms with Gasteiger partial charge in [0.1, 0.15) is 0 Å². The summed E-state index contributed by atoms with van der Waals surface area (Å²) in [6.45, 7) is 3.26. The highest BCUT2D eigenvalue weighted by atomic mass is 16.4. The summed E-state index contributed by atoms with van der Waals surface area (Å²) in [6.07, 6.45) is 5.14. The van der Waals surface area contributed by atoms with Crippen LogP contribution in [-0.2, 0) is 11.3 Å². The Balaban J connectivity index is 2.32. The highest BCUT2D eigenvalue weighted by molar-refractivity contribution is 5.77. The molecule has 3 N–H and O–H groups in total. The molecule has 0 amide bonds. The van der Waals surface area contributed by atoms with Crippen molar-refractivity contribution in [1.82, 2.24) is 9.78 Å². The van der Waals surface area contributed by atoms with E-state index in [1.165, 1.54) is 0 Å². The molecule has 0 radical (unpaired) electrons. The van der Waals surface area contributed by atoms with E-state index >= 15 is 0 Å². The van der Waals surface area contributed by atoms with Gasteiger partial charge in [0.15, 0.2) is 0 Å². The van der Waals surface area contributed by atoms with Crippen LogP contribution in [0.25, 0.3) is 0 Å². The lowest BCUT2D eigenvalue weighted by Gasteiger charge is -2.43. The van der Waals surface area contributed by atoms with Gasteiger partial charge in [0.25, 0.3) is 0 Å². The van der Waals surface area contributed by atoms with Gasteiger partial charge in [-0.1, -0.05) is 13.3 Å². The monoisotopic (exact) mass is 251 g/mol. The van der Waals surface area contributed by atoms with Crippen molar-refractivity contribution in [1.29, 1.82) is 0 Å². The van der Waals surface area contributed by atoms with Gasteiger partial charge in [-0.05, 0) is 25.3 Å². The predicted octanol–water partition coefficient (Wildman–Crippen LogP) is 1.59.